The van der Waals surface area contributed by atoms with E-state index in [1.54, 1.807) is 11.3 Å². The Hall–Kier alpha value is -2.07. The number of nitrogens with one attached hydrogen (secondary N) is 1. The zero-order valence-corrected chi connectivity index (χ0v) is 11.4. The van der Waals surface area contributed by atoms with Crippen LogP contribution in [-0.2, 0) is 6.61 Å². The molecule has 0 aliphatic carbocycles. The Balaban J connectivity index is 1.74. The minimum absolute atomic E-state index is 0.506. The van der Waals surface area contributed by atoms with Crippen LogP contribution in [0.1, 0.15) is 5.01 Å². The van der Waals surface area contributed by atoms with Gasteiger partial charge in [0.05, 0.1) is 10.2 Å². The molecule has 1 N–H and O–H groups in total. The molecule has 0 saturated carbocycles. The standard InChI is InChI=1S/C15H14N2OS/c1-16-11-5-4-6-12(9-11)18-10-15-17-13-7-2-3-8-14(13)19-15/h2-9,16H,10H2,1H3. The minimum atomic E-state index is 0.506. The first-order valence-corrected chi connectivity index (χ1v) is 6.92. The smallest absolute Gasteiger partial charge is 0.140 e. The third kappa shape index (κ3) is 2.69. The van der Waals surface area contributed by atoms with Gasteiger partial charge in [0.2, 0.25) is 0 Å². The molecule has 0 saturated heterocycles. The molecule has 0 aliphatic heterocycles. The summed E-state index contributed by atoms with van der Waals surface area (Å²) in [5.41, 5.74) is 2.08. The molecule has 1 heterocycles. The molecule has 0 amide bonds. The first-order chi connectivity index (χ1) is 9.35. The number of para-hydroxylation sites is 1. The van der Waals surface area contributed by atoms with Crippen molar-refractivity contribution in [1.29, 1.82) is 0 Å². The maximum atomic E-state index is 5.77. The lowest BCUT2D eigenvalue weighted by Gasteiger charge is -2.06. The lowest BCUT2D eigenvalue weighted by Crippen LogP contribution is -1.95. The summed E-state index contributed by atoms with van der Waals surface area (Å²) < 4.78 is 6.97. The normalized spacial score (nSPS) is 10.6. The average Bonchev–Trinajstić information content (AvgIpc) is 2.88. The predicted molar refractivity (Wildman–Crippen MR) is 79.9 cm³/mol. The number of benzene rings is 2. The predicted octanol–water partition coefficient (Wildman–Crippen LogP) is 3.92. The molecule has 1 aromatic heterocycles. The Labute approximate surface area is 115 Å². The van der Waals surface area contributed by atoms with Crippen LogP contribution in [0.25, 0.3) is 10.2 Å². The van der Waals surface area contributed by atoms with Crippen molar-refractivity contribution in [3.05, 3.63) is 53.5 Å². The second-order valence-electron chi connectivity index (χ2n) is 4.14. The molecule has 0 radical (unpaired) electrons. The number of fused-ring (bicyclic) bond motifs is 1. The van der Waals surface area contributed by atoms with Crippen molar-refractivity contribution in [3.8, 4) is 5.75 Å². The molecule has 96 valence electrons. The van der Waals surface area contributed by atoms with E-state index in [9.17, 15) is 0 Å². The quantitative estimate of drug-likeness (QED) is 0.780. The fraction of sp³-hybridized carbons (Fsp3) is 0.133. The van der Waals surface area contributed by atoms with E-state index in [4.69, 9.17) is 4.74 Å². The van der Waals surface area contributed by atoms with Gasteiger partial charge >= 0.3 is 0 Å². The summed E-state index contributed by atoms with van der Waals surface area (Å²) >= 11 is 1.67. The highest BCUT2D eigenvalue weighted by Gasteiger charge is 2.04. The highest BCUT2D eigenvalue weighted by atomic mass is 32.1. The van der Waals surface area contributed by atoms with Crippen molar-refractivity contribution < 1.29 is 4.74 Å². The highest BCUT2D eigenvalue weighted by molar-refractivity contribution is 7.18. The monoisotopic (exact) mass is 270 g/mol. The molecular weight excluding hydrogens is 256 g/mol. The van der Waals surface area contributed by atoms with Crippen molar-refractivity contribution in [1.82, 2.24) is 4.98 Å². The van der Waals surface area contributed by atoms with Crippen LogP contribution in [0.3, 0.4) is 0 Å². The third-order valence-corrected chi connectivity index (χ3v) is 3.83. The van der Waals surface area contributed by atoms with Crippen molar-refractivity contribution in [3.63, 3.8) is 0 Å². The van der Waals surface area contributed by atoms with Gasteiger partial charge in [0, 0.05) is 18.8 Å². The molecule has 0 spiro atoms. The lowest BCUT2D eigenvalue weighted by atomic mass is 10.3. The third-order valence-electron chi connectivity index (χ3n) is 2.82. The van der Waals surface area contributed by atoms with Crippen molar-refractivity contribution in [2.75, 3.05) is 12.4 Å². The van der Waals surface area contributed by atoms with Crippen LogP contribution in [0.15, 0.2) is 48.5 Å². The zero-order valence-electron chi connectivity index (χ0n) is 10.6. The van der Waals surface area contributed by atoms with Gasteiger partial charge in [0.25, 0.3) is 0 Å². The van der Waals surface area contributed by atoms with E-state index in [1.807, 2.05) is 49.5 Å². The Morgan fingerprint density at radius 2 is 2.05 bits per heavy atom. The fourth-order valence-corrected chi connectivity index (χ4v) is 2.75. The minimum Gasteiger partial charge on any atom is -0.486 e. The maximum Gasteiger partial charge on any atom is 0.140 e. The number of nitrogens with zero attached hydrogens (tertiary/aromatic N) is 1. The molecular formula is C15H14N2OS. The number of aromatic nitrogens is 1. The van der Waals surface area contributed by atoms with E-state index < -0.39 is 0 Å². The molecule has 3 nitrogen and oxygen atoms in total. The number of ether oxygens (including phenoxy) is 1. The van der Waals surface area contributed by atoms with Gasteiger partial charge in [-0.15, -0.1) is 11.3 Å². The summed E-state index contributed by atoms with van der Waals surface area (Å²) in [5.74, 6) is 0.853. The maximum absolute atomic E-state index is 5.77. The summed E-state index contributed by atoms with van der Waals surface area (Å²) in [5, 5.41) is 4.09. The summed E-state index contributed by atoms with van der Waals surface area (Å²) in [6.07, 6.45) is 0. The molecule has 19 heavy (non-hydrogen) atoms. The summed E-state index contributed by atoms with van der Waals surface area (Å²) in [7, 11) is 1.90. The molecule has 0 bridgehead atoms. The molecule has 0 aliphatic rings. The van der Waals surface area contributed by atoms with Gasteiger partial charge in [-0.05, 0) is 24.3 Å². The molecule has 4 heteroatoms. The summed E-state index contributed by atoms with van der Waals surface area (Å²) in [4.78, 5) is 4.55. The van der Waals surface area contributed by atoms with Crippen LogP contribution >= 0.6 is 11.3 Å². The van der Waals surface area contributed by atoms with E-state index in [-0.39, 0.29) is 0 Å². The van der Waals surface area contributed by atoms with E-state index in [1.165, 1.54) is 4.70 Å². The SMILES string of the molecule is CNc1cccc(OCc2nc3ccccc3s2)c1. The molecule has 0 unspecified atom stereocenters. The van der Waals surface area contributed by atoms with Crippen LogP contribution < -0.4 is 10.1 Å². The van der Waals surface area contributed by atoms with Crippen LogP contribution in [0.5, 0.6) is 5.75 Å². The van der Waals surface area contributed by atoms with Crippen molar-refractivity contribution >= 4 is 27.2 Å². The van der Waals surface area contributed by atoms with Gasteiger partial charge < -0.3 is 10.1 Å². The lowest BCUT2D eigenvalue weighted by molar-refractivity contribution is 0.306. The summed E-state index contributed by atoms with van der Waals surface area (Å²) in [6, 6.07) is 16.0. The van der Waals surface area contributed by atoms with Gasteiger partial charge in [0.15, 0.2) is 0 Å². The van der Waals surface area contributed by atoms with Gasteiger partial charge in [-0.25, -0.2) is 4.98 Å². The highest BCUT2D eigenvalue weighted by Crippen LogP contribution is 2.23. The van der Waals surface area contributed by atoms with Gasteiger partial charge in [-0.3, -0.25) is 0 Å². The summed E-state index contributed by atoms with van der Waals surface area (Å²) in [6.45, 7) is 0.506. The van der Waals surface area contributed by atoms with Crippen molar-refractivity contribution in [2.24, 2.45) is 0 Å². The van der Waals surface area contributed by atoms with Crippen LogP contribution in [0, 0.1) is 0 Å². The average molecular weight is 270 g/mol. The van der Waals surface area contributed by atoms with Crippen LogP contribution in [0.4, 0.5) is 5.69 Å². The Kier molecular flexibility index (Phi) is 3.33. The number of hydrogen-bond donors (Lipinski definition) is 1. The first kappa shape index (κ1) is 12.0. The Bertz CT molecular complexity index is 660. The van der Waals surface area contributed by atoms with E-state index in [0.717, 1.165) is 22.0 Å². The Morgan fingerprint density at radius 3 is 2.89 bits per heavy atom. The fourth-order valence-electron chi connectivity index (χ4n) is 1.87. The number of hydrogen-bond acceptors (Lipinski definition) is 4. The molecule has 0 fully saturated rings. The van der Waals surface area contributed by atoms with Crippen LogP contribution in [-0.4, -0.2) is 12.0 Å². The number of rotatable bonds is 4. The number of thiazole rings is 1. The van der Waals surface area contributed by atoms with Gasteiger partial charge in [0.1, 0.15) is 17.4 Å². The topological polar surface area (TPSA) is 34.1 Å². The second kappa shape index (κ2) is 5.28. The first-order valence-electron chi connectivity index (χ1n) is 6.10. The molecule has 3 aromatic rings. The molecule has 0 atom stereocenters. The van der Waals surface area contributed by atoms with E-state index in [2.05, 4.69) is 16.4 Å². The zero-order chi connectivity index (χ0) is 13.1. The number of anilines is 1. The van der Waals surface area contributed by atoms with Gasteiger partial charge in [-0.2, -0.15) is 0 Å². The van der Waals surface area contributed by atoms with E-state index >= 15 is 0 Å². The van der Waals surface area contributed by atoms with Crippen LogP contribution in [0.2, 0.25) is 0 Å². The van der Waals surface area contributed by atoms with Gasteiger partial charge in [-0.1, -0.05) is 18.2 Å². The Morgan fingerprint density at radius 1 is 1.16 bits per heavy atom. The second-order valence-corrected chi connectivity index (χ2v) is 5.26. The molecule has 3 rings (SSSR count). The molecule has 2 aromatic carbocycles. The largest absolute Gasteiger partial charge is 0.486 e. The van der Waals surface area contributed by atoms with Crippen molar-refractivity contribution in [2.45, 2.75) is 6.61 Å². The van der Waals surface area contributed by atoms with E-state index in [0.29, 0.717) is 6.61 Å².